The Hall–Kier alpha value is -1.00. The molecule has 0 radical (unpaired) electrons. The standard InChI is InChI=1S/C12H16ClN3S/c1-6(2)4-8-10(15-16-12(8)14)11-9(13)7(3)5-17-11/h5-6H,4H2,1-3H3,(H3,14,15,16). The van der Waals surface area contributed by atoms with E-state index in [1.165, 1.54) is 0 Å². The van der Waals surface area contributed by atoms with Crippen LogP contribution in [0.3, 0.4) is 0 Å². The molecule has 0 bridgehead atoms. The molecule has 0 aliphatic rings. The molecule has 0 aliphatic heterocycles. The lowest BCUT2D eigenvalue weighted by atomic mass is 10.0. The lowest BCUT2D eigenvalue weighted by Gasteiger charge is -2.06. The van der Waals surface area contributed by atoms with Crippen LogP contribution in [0.5, 0.6) is 0 Å². The van der Waals surface area contributed by atoms with Crippen molar-refractivity contribution in [1.82, 2.24) is 10.2 Å². The maximum Gasteiger partial charge on any atom is 0.149 e. The zero-order valence-corrected chi connectivity index (χ0v) is 11.7. The normalized spacial score (nSPS) is 11.4. The summed E-state index contributed by atoms with van der Waals surface area (Å²) < 4.78 is 0. The summed E-state index contributed by atoms with van der Waals surface area (Å²) in [7, 11) is 0. The van der Waals surface area contributed by atoms with Gasteiger partial charge >= 0.3 is 0 Å². The van der Waals surface area contributed by atoms with E-state index in [0.29, 0.717) is 11.7 Å². The van der Waals surface area contributed by atoms with Gasteiger partial charge in [0.05, 0.1) is 15.6 Å². The first kappa shape index (κ1) is 12.5. The highest BCUT2D eigenvalue weighted by atomic mass is 35.5. The second kappa shape index (κ2) is 4.70. The first-order chi connectivity index (χ1) is 8.00. The molecule has 0 fully saturated rings. The van der Waals surface area contributed by atoms with E-state index >= 15 is 0 Å². The number of halogens is 1. The smallest absolute Gasteiger partial charge is 0.149 e. The van der Waals surface area contributed by atoms with Crippen molar-refractivity contribution in [3.63, 3.8) is 0 Å². The van der Waals surface area contributed by atoms with E-state index in [2.05, 4.69) is 24.0 Å². The van der Waals surface area contributed by atoms with Crippen molar-refractivity contribution in [3.05, 3.63) is 21.5 Å². The molecule has 2 aromatic rings. The molecule has 0 saturated heterocycles. The molecule has 0 unspecified atom stereocenters. The Bertz CT molecular complexity index is 528. The van der Waals surface area contributed by atoms with Crippen molar-refractivity contribution in [3.8, 4) is 10.6 Å². The van der Waals surface area contributed by atoms with Crippen LogP contribution in [0.2, 0.25) is 5.02 Å². The second-order valence-corrected chi connectivity index (χ2v) is 5.88. The SMILES string of the molecule is Cc1csc(-c2[nH]nc(N)c2CC(C)C)c1Cl. The van der Waals surface area contributed by atoms with Crippen molar-refractivity contribution < 1.29 is 0 Å². The number of nitrogen functional groups attached to an aromatic ring is 1. The van der Waals surface area contributed by atoms with Gasteiger partial charge in [0.2, 0.25) is 0 Å². The van der Waals surface area contributed by atoms with E-state index in [0.717, 1.165) is 33.1 Å². The van der Waals surface area contributed by atoms with Crippen LogP contribution in [-0.2, 0) is 6.42 Å². The highest BCUT2D eigenvalue weighted by molar-refractivity contribution is 7.14. The van der Waals surface area contributed by atoms with E-state index in [4.69, 9.17) is 17.3 Å². The average molecular weight is 270 g/mol. The summed E-state index contributed by atoms with van der Waals surface area (Å²) in [6, 6.07) is 0. The molecule has 0 spiro atoms. The molecule has 0 saturated carbocycles. The minimum absolute atomic E-state index is 0.536. The quantitative estimate of drug-likeness (QED) is 0.888. The highest BCUT2D eigenvalue weighted by Gasteiger charge is 2.18. The number of H-pyrrole nitrogens is 1. The third-order valence-electron chi connectivity index (χ3n) is 2.64. The molecule has 0 aromatic carbocycles. The average Bonchev–Trinajstić information content (AvgIpc) is 2.75. The Morgan fingerprint density at radius 3 is 2.76 bits per heavy atom. The van der Waals surface area contributed by atoms with E-state index < -0.39 is 0 Å². The van der Waals surface area contributed by atoms with Gasteiger partial charge in [0, 0.05) is 5.56 Å². The first-order valence-electron chi connectivity index (χ1n) is 5.57. The highest BCUT2D eigenvalue weighted by Crippen LogP contribution is 2.38. The van der Waals surface area contributed by atoms with Gasteiger partial charge in [-0.15, -0.1) is 11.3 Å². The van der Waals surface area contributed by atoms with Gasteiger partial charge in [0.15, 0.2) is 0 Å². The monoisotopic (exact) mass is 269 g/mol. The topological polar surface area (TPSA) is 54.7 Å². The lowest BCUT2D eigenvalue weighted by Crippen LogP contribution is -1.98. The molecule has 0 aliphatic carbocycles. The molecule has 0 amide bonds. The predicted molar refractivity (Wildman–Crippen MR) is 74.6 cm³/mol. The molecule has 0 atom stereocenters. The molecule has 3 nitrogen and oxygen atoms in total. The second-order valence-electron chi connectivity index (χ2n) is 4.62. The number of nitrogens with one attached hydrogen (secondary N) is 1. The van der Waals surface area contributed by atoms with Crippen molar-refractivity contribution >= 4 is 28.8 Å². The molecule has 5 heteroatoms. The van der Waals surface area contributed by atoms with Crippen molar-refractivity contribution in [1.29, 1.82) is 0 Å². The molecule has 3 N–H and O–H groups in total. The number of rotatable bonds is 3. The number of aromatic amines is 1. The minimum Gasteiger partial charge on any atom is -0.382 e. The Balaban J connectivity index is 2.49. The summed E-state index contributed by atoms with van der Waals surface area (Å²) in [6.45, 7) is 6.33. The summed E-state index contributed by atoms with van der Waals surface area (Å²) in [5, 5.41) is 9.94. The van der Waals surface area contributed by atoms with Crippen LogP contribution in [0.1, 0.15) is 25.0 Å². The van der Waals surface area contributed by atoms with Crippen LogP contribution < -0.4 is 5.73 Å². The van der Waals surface area contributed by atoms with Gasteiger partial charge in [0.1, 0.15) is 5.82 Å². The van der Waals surface area contributed by atoms with E-state index in [9.17, 15) is 0 Å². The van der Waals surface area contributed by atoms with Gasteiger partial charge in [0.25, 0.3) is 0 Å². The number of aromatic nitrogens is 2. The van der Waals surface area contributed by atoms with Gasteiger partial charge in [-0.25, -0.2) is 0 Å². The summed E-state index contributed by atoms with van der Waals surface area (Å²) in [6.07, 6.45) is 0.908. The number of hydrogen-bond acceptors (Lipinski definition) is 3. The van der Waals surface area contributed by atoms with Crippen LogP contribution >= 0.6 is 22.9 Å². The number of hydrogen-bond donors (Lipinski definition) is 2. The molecule has 2 heterocycles. The van der Waals surface area contributed by atoms with E-state index in [1.807, 2.05) is 12.3 Å². The first-order valence-corrected chi connectivity index (χ1v) is 6.83. The third kappa shape index (κ3) is 2.33. The molecule has 17 heavy (non-hydrogen) atoms. The van der Waals surface area contributed by atoms with Crippen molar-refractivity contribution in [2.24, 2.45) is 5.92 Å². The number of nitrogens with zero attached hydrogens (tertiary/aromatic N) is 1. The number of thiophene rings is 1. The third-order valence-corrected chi connectivity index (χ3v) is 4.35. The van der Waals surface area contributed by atoms with Gasteiger partial charge in [-0.3, -0.25) is 5.10 Å². The molecule has 92 valence electrons. The van der Waals surface area contributed by atoms with E-state index in [-0.39, 0.29) is 0 Å². The van der Waals surface area contributed by atoms with Gasteiger partial charge in [-0.05, 0) is 30.2 Å². The Morgan fingerprint density at radius 2 is 2.24 bits per heavy atom. The van der Waals surface area contributed by atoms with Crippen molar-refractivity contribution in [2.75, 3.05) is 5.73 Å². The summed E-state index contributed by atoms with van der Waals surface area (Å²) in [4.78, 5) is 1.03. The summed E-state index contributed by atoms with van der Waals surface area (Å²) in [5.41, 5.74) is 9.04. The van der Waals surface area contributed by atoms with Crippen molar-refractivity contribution in [2.45, 2.75) is 27.2 Å². The maximum absolute atomic E-state index is 6.28. The van der Waals surface area contributed by atoms with Crippen LogP contribution in [0, 0.1) is 12.8 Å². The fraction of sp³-hybridized carbons (Fsp3) is 0.417. The lowest BCUT2D eigenvalue weighted by molar-refractivity contribution is 0.649. The zero-order valence-electron chi connectivity index (χ0n) is 10.2. The Labute approximate surface area is 110 Å². The molecular formula is C12H16ClN3S. The Morgan fingerprint density at radius 1 is 1.53 bits per heavy atom. The summed E-state index contributed by atoms with van der Waals surface area (Å²) >= 11 is 7.91. The van der Waals surface area contributed by atoms with Crippen LogP contribution in [-0.4, -0.2) is 10.2 Å². The van der Waals surface area contributed by atoms with Gasteiger partial charge in [-0.1, -0.05) is 25.4 Å². The minimum atomic E-state index is 0.536. The van der Waals surface area contributed by atoms with Crippen LogP contribution in [0.15, 0.2) is 5.38 Å². The number of nitrogens with two attached hydrogens (primary N) is 1. The maximum atomic E-state index is 6.28. The van der Waals surface area contributed by atoms with Gasteiger partial charge < -0.3 is 5.73 Å². The van der Waals surface area contributed by atoms with Crippen LogP contribution in [0.4, 0.5) is 5.82 Å². The fourth-order valence-electron chi connectivity index (χ4n) is 1.78. The number of anilines is 1. The Kier molecular flexibility index (Phi) is 3.45. The zero-order chi connectivity index (χ0) is 12.6. The molecule has 2 aromatic heterocycles. The predicted octanol–water partition coefficient (Wildman–Crippen LogP) is 3.88. The summed E-state index contributed by atoms with van der Waals surface area (Å²) in [5.74, 6) is 1.12. The van der Waals surface area contributed by atoms with Gasteiger partial charge in [-0.2, -0.15) is 5.10 Å². The molecular weight excluding hydrogens is 254 g/mol. The molecule has 2 rings (SSSR count). The van der Waals surface area contributed by atoms with Crippen LogP contribution in [0.25, 0.3) is 10.6 Å². The van der Waals surface area contributed by atoms with E-state index in [1.54, 1.807) is 11.3 Å². The fourth-order valence-corrected chi connectivity index (χ4v) is 3.09. The number of aryl methyl sites for hydroxylation is 1. The largest absolute Gasteiger partial charge is 0.382 e.